The fourth-order valence-electron chi connectivity index (χ4n) is 3.29. The van der Waals surface area contributed by atoms with Gasteiger partial charge in [-0.3, -0.25) is 0 Å². The van der Waals surface area contributed by atoms with Crippen LogP contribution in [0.2, 0.25) is 0 Å². The topological polar surface area (TPSA) is 77.5 Å². The van der Waals surface area contributed by atoms with Gasteiger partial charge < -0.3 is 20.6 Å². The molecule has 3 rings (SSSR count). The number of aliphatic hydroxyl groups is 1. The molecule has 6 nitrogen and oxygen atoms in total. The van der Waals surface area contributed by atoms with E-state index in [-0.39, 0.29) is 6.03 Å². The zero-order valence-corrected chi connectivity index (χ0v) is 14.3. The lowest BCUT2D eigenvalue weighted by atomic mass is 10.0. The molecule has 1 saturated carbocycles. The van der Waals surface area contributed by atoms with E-state index in [0.717, 1.165) is 56.0 Å². The molecule has 2 fully saturated rings. The van der Waals surface area contributed by atoms with E-state index in [1.54, 1.807) is 11.3 Å². The molecule has 1 aromatic heterocycles. The molecule has 2 aliphatic rings. The standard InChI is InChI=1S/C16H26N4O2S/c21-14(18-12-16(22)6-1-2-7-16)17-8-5-13-11-23-15(19-13)20-9-3-4-10-20/h11,22H,1-10,12H2,(H2,17,18,21). The van der Waals surface area contributed by atoms with Crippen LogP contribution in [0, 0.1) is 0 Å². The quantitative estimate of drug-likeness (QED) is 0.740. The second-order valence-electron chi connectivity index (χ2n) is 6.61. The van der Waals surface area contributed by atoms with Crippen molar-refractivity contribution in [1.29, 1.82) is 0 Å². The van der Waals surface area contributed by atoms with Gasteiger partial charge in [0, 0.05) is 38.0 Å². The van der Waals surface area contributed by atoms with Gasteiger partial charge in [-0.05, 0) is 25.7 Å². The highest BCUT2D eigenvalue weighted by Crippen LogP contribution is 2.28. The number of hydrogen-bond acceptors (Lipinski definition) is 5. The van der Waals surface area contributed by atoms with Gasteiger partial charge in [0.2, 0.25) is 0 Å². The van der Waals surface area contributed by atoms with E-state index in [9.17, 15) is 9.90 Å². The van der Waals surface area contributed by atoms with Gasteiger partial charge in [-0.15, -0.1) is 11.3 Å². The van der Waals surface area contributed by atoms with Gasteiger partial charge in [0.1, 0.15) is 0 Å². The lowest BCUT2D eigenvalue weighted by molar-refractivity contribution is 0.0501. The lowest BCUT2D eigenvalue weighted by Crippen LogP contribution is -2.45. The summed E-state index contributed by atoms with van der Waals surface area (Å²) in [5, 5.41) is 19.0. The maximum Gasteiger partial charge on any atom is 0.314 e. The molecule has 7 heteroatoms. The lowest BCUT2D eigenvalue weighted by Gasteiger charge is -2.22. The minimum absolute atomic E-state index is 0.208. The highest BCUT2D eigenvalue weighted by molar-refractivity contribution is 7.13. The predicted octanol–water partition coefficient (Wildman–Crippen LogP) is 1.89. The number of nitrogens with zero attached hydrogens (tertiary/aromatic N) is 2. The van der Waals surface area contributed by atoms with Crippen LogP contribution in [0.3, 0.4) is 0 Å². The van der Waals surface area contributed by atoms with E-state index in [2.05, 4.69) is 25.9 Å². The Kier molecular flexibility index (Phi) is 5.38. The summed E-state index contributed by atoms with van der Waals surface area (Å²) in [6.45, 7) is 3.12. The van der Waals surface area contributed by atoms with Crippen LogP contribution in [0.5, 0.6) is 0 Å². The molecule has 1 aromatic rings. The van der Waals surface area contributed by atoms with E-state index in [0.29, 0.717) is 13.1 Å². The number of nitrogens with one attached hydrogen (secondary N) is 2. The third kappa shape index (κ3) is 4.57. The molecular formula is C16H26N4O2S. The smallest absolute Gasteiger partial charge is 0.314 e. The van der Waals surface area contributed by atoms with Crippen molar-refractivity contribution in [2.24, 2.45) is 0 Å². The van der Waals surface area contributed by atoms with Gasteiger partial charge in [-0.25, -0.2) is 9.78 Å². The van der Waals surface area contributed by atoms with Gasteiger partial charge in [-0.2, -0.15) is 0 Å². The Bertz CT molecular complexity index is 522. The normalized spacial score (nSPS) is 20.0. The highest BCUT2D eigenvalue weighted by Gasteiger charge is 2.31. The monoisotopic (exact) mass is 338 g/mol. The number of carbonyl (C=O) groups excluding carboxylic acids is 1. The predicted molar refractivity (Wildman–Crippen MR) is 92.1 cm³/mol. The summed E-state index contributed by atoms with van der Waals surface area (Å²) in [5.74, 6) is 0. The fourth-order valence-corrected chi connectivity index (χ4v) is 4.20. The first-order valence-electron chi connectivity index (χ1n) is 8.58. The molecule has 0 bridgehead atoms. The molecule has 128 valence electrons. The van der Waals surface area contributed by atoms with E-state index in [1.807, 2.05) is 0 Å². The van der Waals surface area contributed by atoms with Gasteiger partial charge in [0.15, 0.2) is 5.13 Å². The largest absolute Gasteiger partial charge is 0.388 e. The number of thiazole rings is 1. The fraction of sp³-hybridized carbons (Fsp3) is 0.750. The summed E-state index contributed by atoms with van der Waals surface area (Å²) >= 11 is 1.69. The average molecular weight is 338 g/mol. The third-order valence-electron chi connectivity index (χ3n) is 4.70. The van der Waals surface area contributed by atoms with Crippen LogP contribution in [0.15, 0.2) is 5.38 Å². The van der Waals surface area contributed by atoms with Crippen LogP contribution >= 0.6 is 11.3 Å². The summed E-state index contributed by atoms with van der Waals surface area (Å²) < 4.78 is 0. The van der Waals surface area contributed by atoms with E-state index in [4.69, 9.17) is 0 Å². The summed E-state index contributed by atoms with van der Waals surface area (Å²) in [7, 11) is 0. The molecule has 3 N–H and O–H groups in total. The van der Waals surface area contributed by atoms with Crippen molar-refractivity contribution in [3.05, 3.63) is 11.1 Å². The van der Waals surface area contributed by atoms with Crippen LogP contribution < -0.4 is 15.5 Å². The Morgan fingerprint density at radius 3 is 2.74 bits per heavy atom. The number of hydrogen-bond donors (Lipinski definition) is 3. The number of anilines is 1. The number of urea groups is 1. The Hall–Kier alpha value is -1.34. The zero-order chi connectivity index (χ0) is 16.1. The Balaban J connectivity index is 1.35. The van der Waals surface area contributed by atoms with E-state index >= 15 is 0 Å². The molecule has 23 heavy (non-hydrogen) atoms. The maximum absolute atomic E-state index is 11.8. The van der Waals surface area contributed by atoms with Gasteiger partial charge in [0.25, 0.3) is 0 Å². The molecular weight excluding hydrogens is 312 g/mol. The summed E-state index contributed by atoms with van der Waals surface area (Å²) in [6, 6.07) is -0.208. The van der Waals surface area contributed by atoms with Gasteiger partial charge >= 0.3 is 6.03 Å². The van der Waals surface area contributed by atoms with Crippen molar-refractivity contribution >= 4 is 22.5 Å². The summed E-state index contributed by atoms with van der Waals surface area (Å²) in [5.41, 5.74) is 0.336. The van der Waals surface area contributed by atoms with Crippen molar-refractivity contribution in [2.75, 3.05) is 31.1 Å². The highest BCUT2D eigenvalue weighted by atomic mass is 32.1. The SMILES string of the molecule is O=C(NCCc1csc(N2CCCC2)n1)NCC1(O)CCCC1. The Morgan fingerprint density at radius 1 is 1.26 bits per heavy atom. The molecule has 1 aliphatic carbocycles. The van der Waals surface area contributed by atoms with Crippen molar-refractivity contribution < 1.29 is 9.90 Å². The molecule has 0 atom stereocenters. The zero-order valence-electron chi connectivity index (χ0n) is 13.5. The molecule has 2 heterocycles. The number of amides is 2. The maximum atomic E-state index is 11.8. The first-order chi connectivity index (χ1) is 11.1. The molecule has 0 spiro atoms. The second-order valence-corrected chi connectivity index (χ2v) is 7.44. The Morgan fingerprint density at radius 2 is 2.00 bits per heavy atom. The minimum atomic E-state index is -0.698. The van der Waals surface area contributed by atoms with E-state index < -0.39 is 5.60 Å². The van der Waals surface area contributed by atoms with Crippen LogP contribution in [0.4, 0.5) is 9.93 Å². The molecule has 2 amide bonds. The molecule has 0 aromatic carbocycles. The molecule has 0 unspecified atom stereocenters. The van der Waals surface area contributed by atoms with Crippen molar-refractivity contribution in [3.8, 4) is 0 Å². The van der Waals surface area contributed by atoms with Gasteiger partial charge in [-0.1, -0.05) is 12.8 Å². The molecule has 1 aliphatic heterocycles. The average Bonchev–Trinajstić information content (AvgIpc) is 3.27. The van der Waals surface area contributed by atoms with Gasteiger partial charge in [0.05, 0.1) is 11.3 Å². The minimum Gasteiger partial charge on any atom is -0.388 e. The first-order valence-corrected chi connectivity index (χ1v) is 9.46. The van der Waals surface area contributed by atoms with Crippen LogP contribution in [-0.4, -0.2) is 47.9 Å². The summed E-state index contributed by atoms with van der Waals surface area (Å²) in [6.07, 6.45) is 6.90. The third-order valence-corrected chi connectivity index (χ3v) is 5.65. The number of carbonyl (C=O) groups is 1. The summed E-state index contributed by atoms with van der Waals surface area (Å²) in [4.78, 5) is 18.8. The second kappa shape index (κ2) is 7.49. The van der Waals surface area contributed by atoms with Crippen LogP contribution in [0.1, 0.15) is 44.2 Å². The number of aromatic nitrogens is 1. The molecule has 1 saturated heterocycles. The first kappa shape index (κ1) is 16.5. The van der Waals surface area contributed by atoms with Crippen molar-refractivity contribution in [2.45, 2.75) is 50.5 Å². The van der Waals surface area contributed by atoms with E-state index in [1.165, 1.54) is 12.8 Å². The van der Waals surface area contributed by atoms with Crippen molar-refractivity contribution in [1.82, 2.24) is 15.6 Å². The Labute approximate surface area is 141 Å². The molecule has 0 radical (unpaired) electrons. The van der Waals surface area contributed by atoms with Crippen LogP contribution in [-0.2, 0) is 6.42 Å². The van der Waals surface area contributed by atoms with Crippen LogP contribution in [0.25, 0.3) is 0 Å². The number of rotatable bonds is 6. The van der Waals surface area contributed by atoms with Crippen molar-refractivity contribution in [3.63, 3.8) is 0 Å².